The van der Waals surface area contributed by atoms with Crippen molar-refractivity contribution in [3.05, 3.63) is 56.9 Å². The minimum atomic E-state index is 0.394. The van der Waals surface area contributed by atoms with Crippen LogP contribution >= 0.6 is 22.9 Å². The fourth-order valence-electron chi connectivity index (χ4n) is 3.02. The van der Waals surface area contributed by atoms with E-state index in [4.69, 9.17) is 16.3 Å². The highest BCUT2D eigenvalue weighted by molar-refractivity contribution is 7.20. The lowest BCUT2D eigenvalue weighted by atomic mass is 10.0. The Morgan fingerprint density at radius 2 is 1.92 bits per heavy atom. The molecule has 0 aliphatic rings. The predicted octanol–water partition coefficient (Wildman–Crippen LogP) is 6.12. The van der Waals surface area contributed by atoms with Gasteiger partial charge in [0.1, 0.15) is 11.5 Å². The first kappa shape index (κ1) is 17.1. The van der Waals surface area contributed by atoms with Gasteiger partial charge in [-0.3, -0.25) is 0 Å². The lowest BCUT2D eigenvalue weighted by Crippen LogP contribution is -1.89. The lowest BCUT2D eigenvalue weighted by Gasteiger charge is -2.07. The minimum Gasteiger partial charge on any atom is -0.507 e. The zero-order chi connectivity index (χ0) is 17.3. The zero-order valence-corrected chi connectivity index (χ0v) is 15.7. The summed E-state index contributed by atoms with van der Waals surface area (Å²) in [6.45, 7) is 4.18. The van der Waals surface area contributed by atoms with Gasteiger partial charge in [0, 0.05) is 16.7 Å². The number of fused-ring (bicyclic) bond motifs is 1. The topological polar surface area (TPSA) is 29.5 Å². The van der Waals surface area contributed by atoms with Crippen LogP contribution in [-0.4, -0.2) is 12.2 Å². The standard InChI is InChI=1S/C20H21ClO2S/c1-4-5-14-11-16(21)20-18(19(14)22)12(2)17(24-20)10-13-6-8-15(23-3)9-7-13/h6-9,11,22H,4-5,10H2,1-3H3. The molecule has 24 heavy (non-hydrogen) atoms. The number of hydrogen-bond donors (Lipinski definition) is 1. The van der Waals surface area contributed by atoms with Gasteiger partial charge in [0.2, 0.25) is 0 Å². The molecule has 1 aromatic heterocycles. The van der Waals surface area contributed by atoms with Gasteiger partial charge in [-0.05, 0) is 48.2 Å². The summed E-state index contributed by atoms with van der Waals surface area (Å²) >= 11 is 8.15. The van der Waals surface area contributed by atoms with Crippen molar-refractivity contribution in [2.45, 2.75) is 33.1 Å². The molecule has 0 fully saturated rings. The maximum absolute atomic E-state index is 10.7. The summed E-state index contributed by atoms with van der Waals surface area (Å²) in [5, 5.41) is 12.3. The maximum Gasteiger partial charge on any atom is 0.127 e. The van der Waals surface area contributed by atoms with E-state index in [-0.39, 0.29) is 0 Å². The first-order valence-electron chi connectivity index (χ1n) is 8.10. The molecular weight excluding hydrogens is 340 g/mol. The number of benzene rings is 2. The van der Waals surface area contributed by atoms with Crippen LogP contribution in [0.25, 0.3) is 10.1 Å². The zero-order valence-electron chi connectivity index (χ0n) is 14.1. The van der Waals surface area contributed by atoms with E-state index in [1.807, 2.05) is 18.2 Å². The second-order valence-electron chi connectivity index (χ2n) is 6.00. The lowest BCUT2D eigenvalue weighted by molar-refractivity contribution is 0.414. The summed E-state index contributed by atoms with van der Waals surface area (Å²) in [5.41, 5.74) is 3.28. The number of rotatable bonds is 5. The Morgan fingerprint density at radius 1 is 1.21 bits per heavy atom. The third kappa shape index (κ3) is 3.11. The van der Waals surface area contributed by atoms with E-state index in [0.29, 0.717) is 5.75 Å². The fourth-order valence-corrected chi connectivity index (χ4v) is 4.61. The van der Waals surface area contributed by atoms with Crippen molar-refractivity contribution >= 4 is 33.0 Å². The summed E-state index contributed by atoms with van der Waals surface area (Å²) in [6, 6.07) is 10.0. The van der Waals surface area contributed by atoms with E-state index in [0.717, 1.165) is 51.2 Å². The van der Waals surface area contributed by atoms with Crippen molar-refractivity contribution in [2.75, 3.05) is 7.11 Å². The molecule has 4 heteroatoms. The molecule has 0 bridgehead atoms. The molecule has 0 spiro atoms. The van der Waals surface area contributed by atoms with E-state index in [1.165, 1.54) is 10.4 Å². The smallest absolute Gasteiger partial charge is 0.127 e. The summed E-state index contributed by atoms with van der Waals surface area (Å²) < 4.78 is 6.19. The van der Waals surface area contributed by atoms with Crippen LogP contribution in [0.2, 0.25) is 5.02 Å². The molecular formula is C20H21ClO2S. The Hall–Kier alpha value is -1.71. The van der Waals surface area contributed by atoms with Crippen molar-refractivity contribution in [3.8, 4) is 11.5 Å². The molecule has 3 rings (SSSR count). The number of ether oxygens (including phenoxy) is 1. The number of thiophene rings is 1. The Morgan fingerprint density at radius 3 is 2.54 bits per heavy atom. The molecule has 0 unspecified atom stereocenters. The molecule has 0 aliphatic carbocycles. The summed E-state index contributed by atoms with van der Waals surface area (Å²) in [7, 11) is 1.67. The maximum atomic E-state index is 10.7. The van der Waals surface area contributed by atoms with Crippen LogP contribution in [0, 0.1) is 6.92 Å². The molecule has 126 valence electrons. The number of phenolic OH excluding ortho intramolecular Hbond substituents is 1. The van der Waals surface area contributed by atoms with E-state index >= 15 is 0 Å². The molecule has 1 heterocycles. The molecule has 0 atom stereocenters. The second kappa shape index (κ2) is 7.04. The van der Waals surface area contributed by atoms with Crippen molar-refractivity contribution in [2.24, 2.45) is 0 Å². The molecule has 1 N–H and O–H groups in total. The molecule has 2 aromatic carbocycles. The molecule has 0 amide bonds. The van der Waals surface area contributed by atoms with Crippen LogP contribution in [0.15, 0.2) is 30.3 Å². The molecule has 0 aliphatic heterocycles. The number of hydrogen-bond acceptors (Lipinski definition) is 3. The van der Waals surface area contributed by atoms with Gasteiger partial charge in [0.15, 0.2) is 0 Å². The second-order valence-corrected chi connectivity index (χ2v) is 7.51. The third-order valence-electron chi connectivity index (χ3n) is 4.35. The van der Waals surface area contributed by atoms with Gasteiger partial charge < -0.3 is 9.84 Å². The normalized spacial score (nSPS) is 11.2. The average Bonchev–Trinajstić information content (AvgIpc) is 2.91. The monoisotopic (exact) mass is 360 g/mol. The van der Waals surface area contributed by atoms with Crippen LogP contribution in [0.1, 0.15) is 34.9 Å². The number of halogens is 1. The summed E-state index contributed by atoms with van der Waals surface area (Å²) in [4.78, 5) is 1.24. The summed E-state index contributed by atoms with van der Waals surface area (Å²) in [6.07, 6.45) is 2.65. The van der Waals surface area contributed by atoms with Crippen molar-refractivity contribution in [1.29, 1.82) is 0 Å². The van der Waals surface area contributed by atoms with Crippen LogP contribution in [0.5, 0.6) is 11.5 Å². The number of methoxy groups -OCH3 is 1. The number of aryl methyl sites for hydroxylation is 2. The van der Waals surface area contributed by atoms with Gasteiger partial charge in [-0.25, -0.2) is 0 Å². The van der Waals surface area contributed by atoms with E-state index in [2.05, 4.69) is 26.0 Å². The fraction of sp³-hybridized carbons (Fsp3) is 0.300. The molecule has 0 saturated carbocycles. The molecule has 2 nitrogen and oxygen atoms in total. The van der Waals surface area contributed by atoms with Crippen LogP contribution in [0.3, 0.4) is 0 Å². The quantitative estimate of drug-likeness (QED) is 0.593. The van der Waals surface area contributed by atoms with Gasteiger partial charge in [-0.2, -0.15) is 0 Å². The SMILES string of the molecule is CCCc1cc(Cl)c2sc(Cc3ccc(OC)cc3)c(C)c2c1O. The van der Waals surface area contributed by atoms with Gasteiger partial charge in [0.25, 0.3) is 0 Å². The van der Waals surface area contributed by atoms with Crippen LogP contribution < -0.4 is 4.74 Å². The highest BCUT2D eigenvalue weighted by Crippen LogP contribution is 2.43. The Balaban J connectivity index is 2.04. The van der Waals surface area contributed by atoms with Crippen molar-refractivity contribution in [3.63, 3.8) is 0 Å². The van der Waals surface area contributed by atoms with Gasteiger partial charge in [0.05, 0.1) is 16.8 Å². The Bertz CT molecular complexity index is 866. The van der Waals surface area contributed by atoms with E-state index in [1.54, 1.807) is 18.4 Å². The van der Waals surface area contributed by atoms with Gasteiger partial charge in [-0.15, -0.1) is 11.3 Å². The van der Waals surface area contributed by atoms with Crippen LogP contribution in [-0.2, 0) is 12.8 Å². The minimum absolute atomic E-state index is 0.394. The first-order valence-corrected chi connectivity index (χ1v) is 9.29. The molecule has 0 saturated heterocycles. The first-order chi connectivity index (χ1) is 11.5. The van der Waals surface area contributed by atoms with Gasteiger partial charge >= 0.3 is 0 Å². The number of phenols is 1. The molecule has 3 aromatic rings. The Kier molecular flexibility index (Phi) is 5.02. The summed E-state index contributed by atoms with van der Waals surface area (Å²) in [5.74, 6) is 1.25. The number of aromatic hydroxyl groups is 1. The Labute approximate surface area is 151 Å². The van der Waals surface area contributed by atoms with E-state index < -0.39 is 0 Å². The van der Waals surface area contributed by atoms with Crippen molar-refractivity contribution < 1.29 is 9.84 Å². The van der Waals surface area contributed by atoms with Gasteiger partial charge in [-0.1, -0.05) is 37.1 Å². The van der Waals surface area contributed by atoms with E-state index in [9.17, 15) is 5.11 Å². The predicted molar refractivity (Wildman–Crippen MR) is 103 cm³/mol. The largest absolute Gasteiger partial charge is 0.507 e. The highest BCUT2D eigenvalue weighted by Gasteiger charge is 2.18. The molecule has 0 radical (unpaired) electrons. The van der Waals surface area contributed by atoms with Crippen molar-refractivity contribution in [1.82, 2.24) is 0 Å². The third-order valence-corrected chi connectivity index (χ3v) is 6.08. The van der Waals surface area contributed by atoms with Crippen LogP contribution in [0.4, 0.5) is 0 Å². The average molecular weight is 361 g/mol. The highest BCUT2D eigenvalue weighted by atomic mass is 35.5.